The lowest BCUT2D eigenvalue weighted by atomic mass is 9.88. The summed E-state index contributed by atoms with van der Waals surface area (Å²) in [6, 6.07) is 58.1. The van der Waals surface area contributed by atoms with Crippen LogP contribution in [0, 0.1) is 51.8 Å². The number of furan rings is 3. The molecule has 15 aromatic rings. The van der Waals surface area contributed by atoms with Gasteiger partial charge in [-0.05, 0) is 102 Å². The summed E-state index contributed by atoms with van der Waals surface area (Å²) >= 11 is 0. The van der Waals surface area contributed by atoms with Gasteiger partial charge in [-0.2, -0.15) is 0 Å². The number of hydrogen-bond donors (Lipinski definition) is 0. The van der Waals surface area contributed by atoms with Gasteiger partial charge < -0.3 is 13.3 Å². The summed E-state index contributed by atoms with van der Waals surface area (Å²) < 4.78 is 118. The smallest absolute Gasteiger partial charge is 0.216 e. The highest BCUT2D eigenvalue weighted by Gasteiger charge is 2.28. The Kier molecular flexibility index (Phi) is 14.6. The molecule has 9 aromatic carbocycles. The molecule has 0 aliphatic heterocycles. The second-order valence-corrected chi connectivity index (χ2v) is 26.4. The molecule has 9 heteroatoms. The molecule has 99 heavy (non-hydrogen) atoms. The average Bonchev–Trinajstić information content (AvgIpc) is 1.53. The Labute approximate surface area is 596 Å². The van der Waals surface area contributed by atoms with Crippen LogP contribution in [-0.4, -0.2) is 0 Å². The number of benzene rings is 9. The van der Waals surface area contributed by atoms with Gasteiger partial charge in [0.2, 0.25) is 17.1 Å². The Bertz CT molecular complexity index is 6090. The normalized spacial score (nSPS) is 14.1. The maximum atomic E-state index is 8.76. The Morgan fingerprint density at radius 3 is 1.07 bits per heavy atom. The van der Waals surface area contributed by atoms with E-state index in [0.29, 0.717) is 67.4 Å². The van der Waals surface area contributed by atoms with Crippen molar-refractivity contribution < 1.29 is 42.0 Å². The standard InChI is InChI=1S/C31H29N2O.C30H27N2O.C29H25N2O/c1-20-12-14-23-24-15-16-25(32-5)28(22-10-8-7-9-11-22)30(24)34-29(23)27(20)26-17-13-21(19-33(26)6)18-31(2,3)4;1-19(2)17-21-12-16-26(32(5)18-21)27-20(3)11-13-23-24-14-15-25(31-4)28(30(24)33-29(23)27)22-9-7-6-8-10-22;1-18(2)21-12-16-25(31(5)17-21)26-19(3)11-13-22-23-14-15-24(30-4)27(29(23)32-28(22)26)20-9-7-6-8-10-20/h7-17,19H,18H2,1-4,6H3;6-16,18-19H,17H2,1-3,5H3;6-18H,1-3,5H3/q3*+1/i13D,18D2;12D,17D2;1D3,12D,18D. The number of aryl methyl sites for hydroxylation is 6. The van der Waals surface area contributed by atoms with E-state index in [4.69, 9.17) is 48.0 Å². The largest absolute Gasteiger partial charge is 0.456 e. The molecule has 486 valence electrons. The van der Waals surface area contributed by atoms with E-state index in [1.54, 1.807) is 48.4 Å². The third-order valence-electron chi connectivity index (χ3n) is 17.9. The average molecular weight is 1310 g/mol. The van der Waals surface area contributed by atoms with Crippen LogP contribution in [0.4, 0.5) is 17.1 Å². The van der Waals surface area contributed by atoms with Crippen LogP contribution in [-0.2, 0) is 33.9 Å². The summed E-state index contributed by atoms with van der Waals surface area (Å²) in [6.45, 7) is 37.1. The number of aromatic nitrogens is 3. The van der Waals surface area contributed by atoms with Gasteiger partial charge in [-0.25, -0.2) is 28.2 Å². The minimum atomic E-state index is -2.58. The molecule has 0 aliphatic rings. The molecule has 15 rings (SSSR count). The Hall–Kier alpha value is -11.7. The summed E-state index contributed by atoms with van der Waals surface area (Å²) in [5.74, 6) is -2.19. The van der Waals surface area contributed by atoms with E-state index in [1.165, 1.54) is 6.92 Å². The zero-order valence-corrected chi connectivity index (χ0v) is 57.5. The van der Waals surface area contributed by atoms with Crippen molar-refractivity contribution in [2.75, 3.05) is 0 Å². The van der Waals surface area contributed by atoms with Crippen molar-refractivity contribution in [2.24, 2.45) is 32.5 Å². The number of pyridine rings is 3. The van der Waals surface area contributed by atoms with Crippen LogP contribution in [0.1, 0.15) is 103 Å². The van der Waals surface area contributed by atoms with Gasteiger partial charge in [-0.3, -0.25) is 0 Å². The van der Waals surface area contributed by atoms with E-state index >= 15 is 0 Å². The van der Waals surface area contributed by atoms with Gasteiger partial charge in [0.25, 0.3) is 0 Å². The van der Waals surface area contributed by atoms with Crippen molar-refractivity contribution in [1.29, 1.82) is 0 Å². The lowest BCUT2D eigenvalue weighted by Gasteiger charge is -2.17. The topological polar surface area (TPSA) is 64.1 Å². The minimum Gasteiger partial charge on any atom is -0.456 e. The lowest BCUT2D eigenvalue weighted by molar-refractivity contribution is -0.661. The second kappa shape index (κ2) is 27.1. The van der Waals surface area contributed by atoms with Crippen LogP contribution in [0.15, 0.2) is 232 Å². The van der Waals surface area contributed by atoms with Gasteiger partial charge in [0.1, 0.15) is 54.6 Å². The van der Waals surface area contributed by atoms with Gasteiger partial charge in [-0.1, -0.05) is 212 Å². The molecule has 1 atom stereocenters. The van der Waals surface area contributed by atoms with Gasteiger partial charge in [-0.15, -0.1) is 0 Å². The van der Waals surface area contributed by atoms with Gasteiger partial charge >= 0.3 is 0 Å². The molecule has 0 spiro atoms. The summed E-state index contributed by atoms with van der Waals surface area (Å²) in [5, 5.41) is 5.50. The maximum Gasteiger partial charge on any atom is 0.216 e. The molecule has 0 radical (unpaired) electrons. The van der Waals surface area contributed by atoms with E-state index in [2.05, 4.69) is 14.5 Å². The zero-order valence-electron chi connectivity index (χ0n) is 68.5. The molecule has 0 amide bonds. The Morgan fingerprint density at radius 1 is 0.424 bits per heavy atom. The summed E-state index contributed by atoms with van der Waals surface area (Å²) in [6.07, 6.45) is 1.72. The van der Waals surface area contributed by atoms with Crippen molar-refractivity contribution in [1.82, 2.24) is 0 Å². The van der Waals surface area contributed by atoms with Crippen LogP contribution in [0.5, 0.6) is 0 Å². The van der Waals surface area contributed by atoms with Crippen molar-refractivity contribution in [2.45, 2.75) is 87.8 Å². The van der Waals surface area contributed by atoms with E-state index in [1.807, 2.05) is 242 Å². The molecule has 9 nitrogen and oxygen atoms in total. The zero-order chi connectivity index (χ0) is 79.2. The molecule has 0 N–H and O–H groups in total. The second-order valence-electron chi connectivity index (χ2n) is 26.4. The highest BCUT2D eigenvalue weighted by molar-refractivity contribution is 6.18. The monoisotopic (exact) mass is 1300 g/mol. The maximum absolute atomic E-state index is 8.76. The Morgan fingerprint density at radius 2 is 0.737 bits per heavy atom. The Balaban J connectivity index is 0.000000145. The molecular formula is C90H81N6O3+3. The number of rotatable bonds is 10. The van der Waals surface area contributed by atoms with Crippen LogP contribution >= 0.6 is 0 Å². The van der Waals surface area contributed by atoms with E-state index in [9.17, 15) is 0 Å². The minimum absolute atomic E-state index is 0.0190. The molecule has 1 unspecified atom stereocenters. The predicted octanol–water partition coefficient (Wildman–Crippen LogP) is 23.7. The predicted molar refractivity (Wildman–Crippen MR) is 406 cm³/mol. The lowest BCUT2D eigenvalue weighted by Crippen LogP contribution is -2.32. The van der Waals surface area contributed by atoms with Crippen molar-refractivity contribution in [3.05, 3.63) is 286 Å². The SMILES string of the molecule is [2H]c1cc(-c2c(C)ccc3c2oc2c(-c4ccccc4)c([N+]#[C-])ccc23)[n+](C)cc1C([2H])(C)C([2H])([2H])[2H].[2H]c1cc(-c2c(C)ccc3c2oc2c(-c4ccccc4)c([N+]#[C-])ccc23)[n+](C)cc1C([2H])([2H])C(C)(C)C.[2H]c1cc(-c2c(C)ccc3c2oc2c(-c4ccccc4)c([N+]#[C-])ccc23)[n+](C)cc1C([2H])([2H])C(C)C. The molecule has 0 bridgehead atoms. The third-order valence-corrected chi connectivity index (χ3v) is 17.9. The van der Waals surface area contributed by atoms with Crippen LogP contribution in [0.2, 0.25) is 0 Å². The highest BCUT2D eigenvalue weighted by atomic mass is 16.3. The summed E-state index contributed by atoms with van der Waals surface area (Å²) in [5.41, 5.74) is 18.3. The molecule has 0 fully saturated rings. The van der Waals surface area contributed by atoms with Gasteiger partial charge in [0, 0.05) is 94.9 Å². The first kappa shape index (κ1) is 53.4. The van der Waals surface area contributed by atoms with Crippen LogP contribution in [0.3, 0.4) is 0 Å². The molecular weight excluding hydrogens is 1210 g/mol. The molecule has 6 aromatic heterocycles. The molecule has 0 saturated heterocycles. The fraction of sp³-hybridized carbons (Fsp3) is 0.200. The van der Waals surface area contributed by atoms with Crippen molar-refractivity contribution in [3.63, 3.8) is 0 Å². The van der Waals surface area contributed by atoms with Gasteiger partial charge in [0.05, 0.1) is 40.5 Å². The first-order valence-electron chi connectivity index (χ1n) is 38.3. The fourth-order valence-corrected chi connectivity index (χ4v) is 13.3. The first-order chi connectivity index (χ1) is 52.0. The number of nitrogens with zero attached hydrogens (tertiary/aromatic N) is 6. The quantitative estimate of drug-likeness (QED) is 0.101. The van der Waals surface area contributed by atoms with Crippen LogP contribution in [0.25, 0.3) is 148 Å². The third kappa shape index (κ3) is 12.6. The highest BCUT2D eigenvalue weighted by Crippen LogP contribution is 2.48. The number of fused-ring (bicyclic) bond motifs is 9. The summed E-state index contributed by atoms with van der Waals surface area (Å²) in [4.78, 5) is 11.3. The van der Waals surface area contributed by atoms with E-state index in [0.717, 1.165) is 110 Å². The number of hydrogen-bond acceptors (Lipinski definition) is 3. The molecule has 0 saturated carbocycles. The molecule has 6 heterocycles. The van der Waals surface area contributed by atoms with Crippen LogP contribution < -0.4 is 13.7 Å². The van der Waals surface area contributed by atoms with Gasteiger partial charge in [0.15, 0.2) is 35.7 Å². The van der Waals surface area contributed by atoms with E-state index < -0.39 is 30.9 Å². The first-order valence-corrected chi connectivity index (χ1v) is 32.8. The van der Waals surface area contributed by atoms with Crippen molar-refractivity contribution >= 4 is 82.9 Å². The molecule has 0 aliphatic carbocycles. The van der Waals surface area contributed by atoms with E-state index in [-0.39, 0.29) is 29.6 Å². The summed E-state index contributed by atoms with van der Waals surface area (Å²) in [7, 11) is 5.54. The fourth-order valence-electron chi connectivity index (χ4n) is 13.3. The van der Waals surface area contributed by atoms with Crippen molar-refractivity contribution in [3.8, 4) is 67.2 Å².